The SMILES string of the molecule is O=C(Nc1nc(C23CC4CC(CC(C4)C2)C3)cs1)c1cncc(Br)c1. The number of amides is 1. The zero-order valence-corrected chi connectivity index (χ0v) is 16.3. The number of aromatic nitrogens is 2. The molecule has 2 aromatic heterocycles. The summed E-state index contributed by atoms with van der Waals surface area (Å²) in [5, 5.41) is 5.83. The first-order chi connectivity index (χ1) is 12.1. The Hall–Kier alpha value is -1.27. The van der Waals surface area contributed by atoms with Crippen LogP contribution in [0.2, 0.25) is 0 Å². The van der Waals surface area contributed by atoms with E-state index in [9.17, 15) is 4.79 Å². The highest BCUT2D eigenvalue weighted by Gasteiger charge is 2.52. The van der Waals surface area contributed by atoms with E-state index in [1.165, 1.54) is 44.2 Å². The lowest BCUT2D eigenvalue weighted by molar-refractivity contribution is -0.00688. The van der Waals surface area contributed by atoms with Crippen molar-refractivity contribution in [2.75, 3.05) is 5.32 Å². The highest BCUT2D eigenvalue weighted by Crippen LogP contribution is 2.60. The van der Waals surface area contributed by atoms with Gasteiger partial charge in [-0.05, 0) is 78.3 Å². The fourth-order valence-corrected chi connectivity index (χ4v) is 6.90. The number of hydrogen-bond acceptors (Lipinski definition) is 4. The number of rotatable bonds is 3. The third-order valence-corrected chi connectivity index (χ3v) is 7.46. The summed E-state index contributed by atoms with van der Waals surface area (Å²) in [6.45, 7) is 0. The summed E-state index contributed by atoms with van der Waals surface area (Å²) < 4.78 is 0.800. The van der Waals surface area contributed by atoms with Crippen LogP contribution in [0.3, 0.4) is 0 Å². The van der Waals surface area contributed by atoms with Gasteiger partial charge in [-0.25, -0.2) is 4.98 Å². The molecule has 4 bridgehead atoms. The number of halogens is 1. The largest absolute Gasteiger partial charge is 0.298 e. The first-order valence-corrected chi connectivity index (χ1v) is 10.6. The van der Waals surface area contributed by atoms with Crippen LogP contribution < -0.4 is 5.32 Å². The van der Waals surface area contributed by atoms with Crippen LogP contribution in [0, 0.1) is 17.8 Å². The van der Waals surface area contributed by atoms with Gasteiger partial charge in [0.25, 0.3) is 5.91 Å². The second-order valence-electron chi connectivity index (χ2n) is 8.08. The second kappa shape index (κ2) is 5.88. The predicted molar refractivity (Wildman–Crippen MR) is 102 cm³/mol. The molecule has 4 nitrogen and oxygen atoms in total. The van der Waals surface area contributed by atoms with Crippen molar-refractivity contribution < 1.29 is 4.79 Å². The van der Waals surface area contributed by atoms with Gasteiger partial charge in [0, 0.05) is 27.7 Å². The van der Waals surface area contributed by atoms with Gasteiger partial charge < -0.3 is 0 Å². The fraction of sp³-hybridized carbons (Fsp3) is 0.526. The Morgan fingerprint density at radius 3 is 2.48 bits per heavy atom. The molecule has 6 rings (SSSR count). The van der Waals surface area contributed by atoms with Crippen molar-refractivity contribution in [3.63, 3.8) is 0 Å². The molecule has 0 unspecified atom stereocenters. The van der Waals surface area contributed by atoms with Crippen LogP contribution in [0.15, 0.2) is 28.3 Å². The summed E-state index contributed by atoms with van der Waals surface area (Å²) in [6, 6.07) is 1.77. The first kappa shape index (κ1) is 15.9. The summed E-state index contributed by atoms with van der Waals surface area (Å²) >= 11 is 4.91. The third kappa shape index (κ3) is 2.83. The van der Waals surface area contributed by atoms with Crippen LogP contribution in [0.5, 0.6) is 0 Å². The van der Waals surface area contributed by atoms with E-state index in [4.69, 9.17) is 4.98 Å². The Morgan fingerprint density at radius 2 is 1.84 bits per heavy atom. The third-order valence-electron chi connectivity index (χ3n) is 6.27. The van der Waals surface area contributed by atoms with Crippen molar-refractivity contribution in [3.05, 3.63) is 39.6 Å². The van der Waals surface area contributed by atoms with Gasteiger partial charge in [-0.3, -0.25) is 15.1 Å². The highest BCUT2D eigenvalue weighted by atomic mass is 79.9. The quantitative estimate of drug-likeness (QED) is 0.762. The minimum Gasteiger partial charge on any atom is -0.298 e. The number of nitrogens with one attached hydrogen (secondary N) is 1. The van der Waals surface area contributed by atoms with Crippen LogP contribution in [0.1, 0.15) is 54.6 Å². The van der Waals surface area contributed by atoms with Crippen molar-refractivity contribution in [2.24, 2.45) is 17.8 Å². The van der Waals surface area contributed by atoms with Gasteiger partial charge in [0.2, 0.25) is 0 Å². The molecule has 25 heavy (non-hydrogen) atoms. The van der Waals surface area contributed by atoms with E-state index in [2.05, 4.69) is 31.6 Å². The molecule has 1 N–H and O–H groups in total. The van der Waals surface area contributed by atoms with Gasteiger partial charge in [-0.1, -0.05) is 0 Å². The van der Waals surface area contributed by atoms with E-state index in [1.54, 1.807) is 29.8 Å². The van der Waals surface area contributed by atoms with Gasteiger partial charge in [-0.15, -0.1) is 11.3 Å². The maximum absolute atomic E-state index is 12.4. The molecular weight excluding hydrogens is 398 g/mol. The smallest absolute Gasteiger partial charge is 0.259 e. The van der Waals surface area contributed by atoms with Crippen LogP contribution in [-0.2, 0) is 5.41 Å². The average Bonchev–Trinajstić information content (AvgIpc) is 3.03. The van der Waals surface area contributed by atoms with Crippen LogP contribution in [-0.4, -0.2) is 15.9 Å². The van der Waals surface area contributed by atoms with E-state index in [0.29, 0.717) is 10.7 Å². The molecular formula is C19H20BrN3OS. The molecule has 2 aromatic rings. The molecule has 0 radical (unpaired) electrons. The fourth-order valence-electron chi connectivity index (χ4n) is 5.70. The topological polar surface area (TPSA) is 54.9 Å². The number of thiazole rings is 1. The molecule has 130 valence electrons. The predicted octanol–water partition coefficient (Wildman–Crippen LogP) is 5.02. The average molecular weight is 418 g/mol. The summed E-state index contributed by atoms with van der Waals surface area (Å²) in [6.07, 6.45) is 11.4. The molecule has 0 spiro atoms. The zero-order chi connectivity index (χ0) is 17.0. The van der Waals surface area contributed by atoms with Crippen molar-refractivity contribution in [1.82, 2.24) is 9.97 Å². The minimum absolute atomic E-state index is 0.153. The lowest BCUT2D eigenvalue weighted by Gasteiger charge is -2.56. The number of pyridine rings is 1. The molecule has 0 aliphatic heterocycles. The summed E-state index contributed by atoms with van der Waals surface area (Å²) in [5.41, 5.74) is 2.05. The Bertz CT molecular complexity index is 798. The molecule has 0 saturated heterocycles. The van der Waals surface area contributed by atoms with Crippen molar-refractivity contribution in [1.29, 1.82) is 0 Å². The lowest BCUT2D eigenvalue weighted by Crippen LogP contribution is -2.48. The standard InChI is InChI=1S/C19H20BrN3OS/c20-15-4-14(8-21-9-15)17(24)23-18-22-16(10-25-18)19-5-11-1-12(6-19)3-13(2-11)7-19/h4,8-13H,1-3,5-7H2,(H,22,23,24). The van der Waals surface area contributed by atoms with E-state index in [-0.39, 0.29) is 11.3 Å². The van der Waals surface area contributed by atoms with E-state index in [1.807, 2.05) is 0 Å². The monoisotopic (exact) mass is 417 g/mol. The molecule has 4 saturated carbocycles. The zero-order valence-electron chi connectivity index (χ0n) is 13.9. The van der Waals surface area contributed by atoms with Gasteiger partial charge >= 0.3 is 0 Å². The van der Waals surface area contributed by atoms with Gasteiger partial charge in [-0.2, -0.15) is 0 Å². The molecule has 0 atom stereocenters. The maximum atomic E-state index is 12.4. The Balaban J connectivity index is 1.36. The van der Waals surface area contributed by atoms with Crippen molar-refractivity contribution in [2.45, 2.75) is 43.9 Å². The van der Waals surface area contributed by atoms with Crippen LogP contribution >= 0.6 is 27.3 Å². The normalized spacial score (nSPS) is 32.8. The molecule has 6 heteroatoms. The number of carbonyl (C=O) groups is 1. The van der Waals surface area contributed by atoms with Gasteiger partial charge in [0.05, 0.1) is 11.3 Å². The lowest BCUT2D eigenvalue weighted by atomic mass is 9.49. The van der Waals surface area contributed by atoms with Crippen molar-refractivity contribution >= 4 is 38.3 Å². The second-order valence-corrected chi connectivity index (χ2v) is 9.86. The Kier molecular flexibility index (Phi) is 3.75. The summed E-state index contributed by atoms with van der Waals surface area (Å²) in [7, 11) is 0. The Labute approximate surface area is 159 Å². The van der Waals surface area contributed by atoms with E-state index >= 15 is 0 Å². The van der Waals surface area contributed by atoms with Crippen molar-refractivity contribution in [3.8, 4) is 0 Å². The Morgan fingerprint density at radius 1 is 1.16 bits per heavy atom. The maximum Gasteiger partial charge on any atom is 0.259 e. The number of anilines is 1. The minimum atomic E-state index is -0.153. The van der Waals surface area contributed by atoms with Gasteiger partial charge in [0.1, 0.15) is 0 Å². The van der Waals surface area contributed by atoms with Gasteiger partial charge in [0.15, 0.2) is 5.13 Å². The number of nitrogens with zero attached hydrogens (tertiary/aromatic N) is 2. The summed E-state index contributed by atoms with van der Waals surface area (Å²) in [4.78, 5) is 21.3. The van der Waals surface area contributed by atoms with Crippen LogP contribution in [0.25, 0.3) is 0 Å². The first-order valence-electron chi connectivity index (χ1n) is 8.97. The number of hydrogen-bond donors (Lipinski definition) is 1. The summed E-state index contributed by atoms with van der Waals surface area (Å²) in [5.74, 6) is 2.55. The molecule has 4 aliphatic carbocycles. The highest BCUT2D eigenvalue weighted by molar-refractivity contribution is 9.10. The molecule has 0 aromatic carbocycles. The molecule has 4 fully saturated rings. The molecule has 2 heterocycles. The molecule has 1 amide bonds. The molecule has 4 aliphatic rings. The van der Waals surface area contributed by atoms with E-state index in [0.717, 1.165) is 22.2 Å². The number of carbonyl (C=O) groups excluding carboxylic acids is 1. The van der Waals surface area contributed by atoms with E-state index < -0.39 is 0 Å². The van der Waals surface area contributed by atoms with Crippen LogP contribution in [0.4, 0.5) is 5.13 Å².